The topological polar surface area (TPSA) is 52.7 Å². The Hall–Kier alpha value is -1.10. The Morgan fingerprint density at radius 1 is 1.06 bits per heavy atom. The molecule has 0 atom stereocenters. The minimum atomic E-state index is 0.0171. The van der Waals surface area contributed by atoms with Crippen molar-refractivity contribution in [3.8, 4) is 0 Å². The number of nitrogens with zero attached hydrogens (tertiary/aromatic N) is 2. The van der Waals surface area contributed by atoms with E-state index in [0.29, 0.717) is 6.42 Å². The lowest BCUT2D eigenvalue weighted by Crippen LogP contribution is -2.47. The highest BCUT2D eigenvalue weighted by Crippen LogP contribution is 2.06. The Labute approximate surface area is 110 Å². The van der Waals surface area contributed by atoms with Crippen molar-refractivity contribution in [2.45, 2.75) is 32.6 Å². The Balaban J connectivity index is 2.01. The summed E-state index contributed by atoms with van der Waals surface area (Å²) in [5.74, 6) is 0.297. The van der Waals surface area contributed by atoms with E-state index in [1.807, 2.05) is 4.90 Å². The van der Waals surface area contributed by atoms with Crippen LogP contribution in [0.5, 0.6) is 0 Å². The van der Waals surface area contributed by atoms with Gasteiger partial charge in [-0.05, 0) is 19.9 Å². The molecule has 0 radical (unpaired) electrons. The van der Waals surface area contributed by atoms with Crippen molar-refractivity contribution in [3.63, 3.8) is 0 Å². The second-order valence-corrected chi connectivity index (χ2v) is 4.98. The van der Waals surface area contributed by atoms with Crippen molar-refractivity contribution in [2.75, 3.05) is 39.8 Å². The van der Waals surface area contributed by atoms with Gasteiger partial charge >= 0.3 is 0 Å². The van der Waals surface area contributed by atoms with Crippen LogP contribution in [0.3, 0.4) is 0 Å². The summed E-state index contributed by atoms with van der Waals surface area (Å²) < 4.78 is 0. The molecule has 1 heterocycles. The first-order valence-corrected chi connectivity index (χ1v) is 6.80. The van der Waals surface area contributed by atoms with Gasteiger partial charge in [0.1, 0.15) is 0 Å². The average molecular weight is 255 g/mol. The fraction of sp³-hybridized carbons (Fsp3) is 0.846. The molecule has 0 aromatic heterocycles. The van der Waals surface area contributed by atoms with E-state index in [2.05, 4.69) is 17.3 Å². The highest BCUT2D eigenvalue weighted by atomic mass is 16.2. The van der Waals surface area contributed by atoms with Crippen LogP contribution < -0.4 is 5.32 Å². The van der Waals surface area contributed by atoms with Crippen molar-refractivity contribution in [3.05, 3.63) is 0 Å². The molecule has 0 bridgehead atoms. The third-order valence-corrected chi connectivity index (χ3v) is 3.30. The van der Waals surface area contributed by atoms with E-state index < -0.39 is 0 Å². The van der Waals surface area contributed by atoms with E-state index in [4.69, 9.17) is 0 Å². The molecular formula is C13H25N3O2. The van der Waals surface area contributed by atoms with E-state index in [9.17, 15) is 9.59 Å². The summed E-state index contributed by atoms with van der Waals surface area (Å²) in [5, 5.41) is 2.76. The predicted molar refractivity (Wildman–Crippen MR) is 71.2 cm³/mol. The summed E-state index contributed by atoms with van der Waals surface area (Å²) in [6.07, 6.45) is 3.52. The van der Waals surface area contributed by atoms with E-state index in [0.717, 1.165) is 52.0 Å². The molecule has 1 rings (SSSR count). The Kier molecular flexibility index (Phi) is 6.72. The zero-order valence-electron chi connectivity index (χ0n) is 11.6. The number of unbranched alkanes of at least 4 members (excludes halogenated alkanes) is 2. The second kappa shape index (κ2) is 8.08. The van der Waals surface area contributed by atoms with Crippen LogP contribution in [-0.4, -0.2) is 61.4 Å². The summed E-state index contributed by atoms with van der Waals surface area (Å²) in [4.78, 5) is 26.7. The van der Waals surface area contributed by atoms with Crippen LogP contribution >= 0.6 is 0 Å². The van der Waals surface area contributed by atoms with Gasteiger partial charge in [-0.1, -0.05) is 6.42 Å². The maximum Gasteiger partial charge on any atom is 0.222 e. The van der Waals surface area contributed by atoms with Crippen LogP contribution in [-0.2, 0) is 9.59 Å². The van der Waals surface area contributed by atoms with E-state index in [1.165, 1.54) is 6.92 Å². The monoisotopic (exact) mass is 255 g/mol. The minimum absolute atomic E-state index is 0.0171. The highest BCUT2D eigenvalue weighted by molar-refractivity contribution is 5.76. The molecule has 5 heteroatoms. The van der Waals surface area contributed by atoms with Crippen molar-refractivity contribution >= 4 is 11.8 Å². The van der Waals surface area contributed by atoms with Gasteiger partial charge in [-0.2, -0.15) is 0 Å². The quantitative estimate of drug-likeness (QED) is 0.701. The number of amides is 2. The number of hydrogen-bond acceptors (Lipinski definition) is 3. The van der Waals surface area contributed by atoms with Crippen LogP contribution in [0.25, 0.3) is 0 Å². The van der Waals surface area contributed by atoms with Gasteiger partial charge in [0.05, 0.1) is 0 Å². The van der Waals surface area contributed by atoms with Crippen molar-refractivity contribution < 1.29 is 9.59 Å². The van der Waals surface area contributed by atoms with Crippen LogP contribution in [0.15, 0.2) is 0 Å². The van der Waals surface area contributed by atoms with Crippen molar-refractivity contribution in [1.29, 1.82) is 0 Å². The number of nitrogens with one attached hydrogen (secondary N) is 1. The molecule has 104 valence electrons. The predicted octanol–water partition coefficient (Wildman–Crippen LogP) is 0.457. The lowest BCUT2D eigenvalue weighted by atomic mass is 10.1. The number of piperazine rings is 1. The van der Waals surface area contributed by atoms with Gasteiger partial charge in [-0.25, -0.2) is 0 Å². The number of carbonyl (C=O) groups excluding carboxylic acids is 2. The molecule has 0 saturated carbocycles. The first kappa shape index (κ1) is 15.0. The first-order chi connectivity index (χ1) is 8.59. The molecule has 0 aromatic carbocycles. The van der Waals surface area contributed by atoms with Crippen LogP contribution in [0.4, 0.5) is 0 Å². The summed E-state index contributed by atoms with van der Waals surface area (Å²) >= 11 is 0. The number of carbonyl (C=O) groups is 2. The molecule has 1 aliphatic heterocycles. The Bertz CT molecular complexity index is 273. The molecule has 0 unspecified atom stereocenters. The summed E-state index contributed by atoms with van der Waals surface area (Å²) in [6, 6.07) is 0. The smallest absolute Gasteiger partial charge is 0.222 e. The third-order valence-electron chi connectivity index (χ3n) is 3.30. The van der Waals surface area contributed by atoms with Gasteiger partial charge in [0.2, 0.25) is 11.8 Å². The molecule has 0 aliphatic carbocycles. The standard InChI is InChI=1S/C13H25N3O2/c1-12(17)14-7-5-3-4-6-13(18)16-10-8-15(2)9-11-16/h3-11H2,1-2H3,(H,14,17). The average Bonchev–Trinajstić information content (AvgIpc) is 2.34. The zero-order chi connectivity index (χ0) is 13.4. The number of hydrogen-bond donors (Lipinski definition) is 1. The first-order valence-electron chi connectivity index (χ1n) is 6.80. The van der Waals surface area contributed by atoms with Crippen molar-refractivity contribution in [1.82, 2.24) is 15.1 Å². The van der Waals surface area contributed by atoms with Crippen LogP contribution in [0.2, 0.25) is 0 Å². The van der Waals surface area contributed by atoms with E-state index >= 15 is 0 Å². The molecule has 1 aliphatic rings. The van der Waals surface area contributed by atoms with Crippen molar-refractivity contribution in [2.24, 2.45) is 0 Å². The Morgan fingerprint density at radius 2 is 1.72 bits per heavy atom. The zero-order valence-corrected chi connectivity index (χ0v) is 11.6. The maximum absolute atomic E-state index is 11.9. The number of rotatable bonds is 6. The van der Waals surface area contributed by atoms with Gasteiger partial charge in [-0.3, -0.25) is 9.59 Å². The molecule has 1 saturated heterocycles. The fourth-order valence-corrected chi connectivity index (χ4v) is 2.06. The SMILES string of the molecule is CC(=O)NCCCCCC(=O)N1CCN(C)CC1. The number of likely N-dealkylation sites (N-methyl/N-ethyl adjacent to an activating group) is 1. The molecule has 1 fully saturated rings. The molecule has 2 amide bonds. The van der Waals surface area contributed by atoms with Gasteiger partial charge < -0.3 is 15.1 Å². The fourth-order valence-electron chi connectivity index (χ4n) is 2.06. The molecule has 5 nitrogen and oxygen atoms in total. The molecule has 18 heavy (non-hydrogen) atoms. The molecule has 0 spiro atoms. The lowest BCUT2D eigenvalue weighted by molar-refractivity contribution is -0.132. The summed E-state index contributed by atoms with van der Waals surface area (Å²) in [6.45, 7) is 5.93. The van der Waals surface area contributed by atoms with E-state index in [1.54, 1.807) is 0 Å². The second-order valence-electron chi connectivity index (χ2n) is 4.98. The maximum atomic E-state index is 11.9. The molecular weight excluding hydrogens is 230 g/mol. The summed E-state index contributed by atoms with van der Waals surface area (Å²) in [7, 11) is 2.09. The van der Waals surface area contributed by atoms with Crippen LogP contribution in [0.1, 0.15) is 32.6 Å². The van der Waals surface area contributed by atoms with Gasteiger partial charge in [0.25, 0.3) is 0 Å². The largest absolute Gasteiger partial charge is 0.356 e. The van der Waals surface area contributed by atoms with Gasteiger partial charge in [0, 0.05) is 46.1 Å². The van der Waals surface area contributed by atoms with Crippen LogP contribution in [0, 0.1) is 0 Å². The minimum Gasteiger partial charge on any atom is -0.356 e. The molecule has 1 N–H and O–H groups in total. The Morgan fingerprint density at radius 3 is 2.33 bits per heavy atom. The summed E-state index contributed by atoms with van der Waals surface area (Å²) in [5.41, 5.74) is 0. The van der Waals surface area contributed by atoms with Gasteiger partial charge in [0.15, 0.2) is 0 Å². The highest BCUT2D eigenvalue weighted by Gasteiger charge is 2.17. The molecule has 0 aromatic rings. The lowest BCUT2D eigenvalue weighted by Gasteiger charge is -2.32. The normalized spacial score (nSPS) is 16.7. The third kappa shape index (κ3) is 6.00. The van der Waals surface area contributed by atoms with E-state index in [-0.39, 0.29) is 11.8 Å². The van der Waals surface area contributed by atoms with Gasteiger partial charge in [-0.15, -0.1) is 0 Å².